The zero-order valence-corrected chi connectivity index (χ0v) is 12.6. The molecule has 0 aromatic heterocycles. The largest absolute Gasteiger partial charge is 0.317 e. The maximum Gasteiger partial charge on any atom is 0.241 e. The summed E-state index contributed by atoms with van der Waals surface area (Å²) >= 11 is 0. The molecule has 2 saturated heterocycles. The van der Waals surface area contributed by atoms with Gasteiger partial charge in [0, 0.05) is 12.6 Å². The number of carbonyl (C=O) groups excluding carboxylic acids is 1. The summed E-state index contributed by atoms with van der Waals surface area (Å²) in [7, 11) is 2.07. The van der Waals surface area contributed by atoms with Crippen molar-refractivity contribution >= 4 is 5.91 Å². The van der Waals surface area contributed by atoms with Crippen LogP contribution in [0.2, 0.25) is 0 Å². The van der Waals surface area contributed by atoms with Gasteiger partial charge in [0.05, 0.1) is 6.04 Å². The third-order valence-electron chi connectivity index (χ3n) is 4.52. The lowest BCUT2D eigenvalue weighted by molar-refractivity contribution is -0.132. The van der Waals surface area contributed by atoms with Gasteiger partial charge < -0.3 is 9.80 Å². The van der Waals surface area contributed by atoms with Crippen molar-refractivity contribution in [1.82, 2.24) is 15.1 Å². The van der Waals surface area contributed by atoms with Crippen LogP contribution in [0.3, 0.4) is 0 Å². The number of carbonyl (C=O) groups is 1. The summed E-state index contributed by atoms with van der Waals surface area (Å²) < 4.78 is 13.5. The topological polar surface area (TPSA) is 35.6 Å². The van der Waals surface area contributed by atoms with E-state index < -0.39 is 0 Å². The number of nitrogens with one attached hydrogen (secondary N) is 1. The van der Waals surface area contributed by atoms with Crippen LogP contribution < -0.4 is 5.32 Å². The fourth-order valence-corrected chi connectivity index (χ4v) is 3.40. The molecule has 4 nitrogen and oxygen atoms in total. The van der Waals surface area contributed by atoms with Crippen LogP contribution in [0, 0.1) is 5.82 Å². The number of hydrogen-bond acceptors (Lipinski definition) is 3. The van der Waals surface area contributed by atoms with Crippen molar-refractivity contribution in [3.05, 3.63) is 35.6 Å². The van der Waals surface area contributed by atoms with E-state index in [2.05, 4.69) is 17.3 Å². The second kappa shape index (κ2) is 5.73. The van der Waals surface area contributed by atoms with E-state index in [9.17, 15) is 9.18 Å². The van der Waals surface area contributed by atoms with Crippen LogP contribution in [-0.4, -0.2) is 47.9 Å². The molecule has 0 bridgehead atoms. The van der Waals surface area contributed by atoms with Gasteiger partial charge in [0.25, 0.3) is 0 Å². The standard InChI is InChI=1S/C16H22FN3O/c1-3-14-16(21)20(13-7-8-19(2)10-13)15(18-14)11-5-4-6-12(17)9-11/h4-6,9,13-15,18H,3,7-8,10H2,1-2H3. The second-order valence-corrected chi connectivity index (χ2v) is 6.04. The van der Waals surface area contributed by atoms with Crippen LogP contribution in [0.4, 0.5) is 4.39 Å². The highest BCUT2D eigenvalue weighted by atomic mass is 19.1. The fourth-order valence-electron chi connectivity index (χ4n) is 3.40. The summed E-state index contributed by atoms with van der Waals surface area (Å²) in [6.45, 7) is 3.89. The molecule has 3 unspecified atom stereocenters. The molecule has 1 aromatic rings. The molecule has 1 amide bonds. The Morgan fingerprint density at radius 1 is 1.43 bits per heavy atom. The predicted octanol–water partition coefficient (Wildman–Crippen LogP) is 1.74. The van der Waals surface area contributed by atoms with Crippen molar-refractivity contribution in [2.24, 2.45) is 0 Å². The number of amides is 1. The van der Waals surface area contributed by atoms with Crippen molar-refractivity contribution in [2.75, 3.05) is 20.1 Å². The van der Waals surface area contributed by atoms with Gasteiger partial charge in [-0.15, -0.1) is 0 Å². The summed E-state index contributed by atoms with van der Waals surface area (Å²) in [5.41, 5.74) is 0.828. The zero-order chi connectivity index (χ0) is 15.0. The maximum atomic E-state index is 13.5. The number of likely N-dealkylation sites (tertiary alicyclic amines) is 1. The first kappa shape index (κ1) is 14.5. The smallest absolute Gasteiger partial charge is 0.241 e. The van der Waals surface area contributed by atoms with E-state index in [0.29, 0.717) is 0 Å². The molecule has 3 atom stereocenters. The Kier molecular flexibility index (Phi) is 3.95. The highest BCUT2D eigenvalue weighted by Crippen LogP contribution is 2.31. The lowest BCUT2D eigenvalue weighted by atomic mass is 10.1. The Balaban J connectivity index is 1.91. The fraction of sp³-hybridized carbons (Fsp3) is 0.562. The van der Waals surface area contributed by atoms with Crippen molar-refractivity contribution in [3.63, 3.8) is 0 Å². The molecule has 0 spiro atoms. The first-order valence-corrected chi connectivity index (χ1v) is 7.62. The van der Waals surface area contributed by atoms with E-state index in [1.165, 1.54) is 12.1 Å². The zero-order valence-electron chi connectivity index (χ0n) is 12.6. The third-order valence-corrected chi connectivity index (χ3v) is 4.52. The van der Waals surface area contributed by atoms with Gasteiger partial charge in [-0.05, 0) is 44.1 Å². The highest BCUT2D eigenvalue weighted by Gasteiger charge is 2.43. The minimum atomic E-state index is -0.259. The lowest BCUT2D eigenvalue weighted by Gasteiger charge is -2.30. The normalized spacial score (nSPS) is 30.3. The summed E-state index contributed by atoms with van der Waals surface area (Å²) in [5, 5.41) is 3.37. The van der Waals surface area contributed by atoms with E-state index in [0.717, 1.165) is 31.5 Å². The molecule has 2 fully saturated rings. The van der Waals surface area contributed by atoms with Gasteiger partial charge >= 0.3 is 0 Å². The van der Waals surface area contributed by atoms with Crippen molar-refractivity contribution in [1.29, 1.82) is 0 Å². The van der Waals surface area contributed by atoms with Crippen LogP contribution in [-0.2, 0) is 4.79 Å². The summed E-state index contributed by atoms with van der Waals surface area (Å²) in [4.78, 5) is 16.8. The van der Waals surface area contributed by atoms with Gasteiger partial charge in [0.2, 0.25) is 5.91 Å². The van der Waals surface area contributed by atoms with E-state index in [-0.39, 0.29) is 30.0 Å². The third kappa shape index (κ3) is 2.68. The Bertz CT molecular complexity index is 536. The number of likely N-dealkylation sites (N-methyl/N-ethyl adjacent to an activating group) is 1. The molecular formula is C16H22FN3O. The molecule has 2 heterocycles. The Hall–Kier alpha value is -1.46. The summed E-state index contributed by atoms with van der Waals surface area (Å²) in [5.74, 6) is -0.114. The second-order valence-electron chi connectivity index (χ2n) is 6.04. The average molecular weight is 291 g/mol. The molecule has 21 heavy (non-hydrogen) atoms. The van der Waals surface area contributed by atoms with Crippen molar-refractivity contribution in [3.8, 4) is 0 Å². The predicted molar refractivity (Wildman–Crippen MR) is 79.1 cm³/mol. The summed E-state index contributed by atoms with van der Waals surface area (Å²) in [6.07, 6.45) is 1.52. The molecule has 3 rings (SSSR count). The van der Waals surface area contributed by atoms with Gasteiger partial charge in [0.15, 0.2) is 0 Å². The molecule has 2 aliphatic rings. The van der Waals surface area contributed by atoms with Crippen LogP contribution >= 0.6 is 0 Å². The molecule has 0 radical (unpaired) electrons. The van der Waals surface area contributed by atoms with Crippen molar-refractivity contribution < 1.29 is 9.18 Å². The number of benzene rings is 1. The van der Waals surface area contributed by atoms with E-state index in [1.54, 1.807) is 6.07 Å². The molecule has 0 saturated carbocycles. The quantitative estimate of drug-likeness (QED) is 0.921. The lowest BCUT2D eigenvalue weighted by Crippen LogP contribution is -2.41. The number of nitrogens with zero attached hydrogens (tertiary/aromatic N) is 2. The van der Waals surface area contributed by atoms with E-state index in [1.807, 2.05) is 17.9 Å². The van der Waals surface area contributed by atoms with Crippen LogP contribution in [0.5, 0.6) is 0 Å². The first-order valence-electron chi connectivity index (χ1n) is 7.62. The average Bonchev–Trinajstić information content (AvgIpc) is 3.02. The van der Waals surface area contributed by atoms with Gasteiger partial charge in [-0.1, -0.05) is 19.1 Å². The number of halogens is 1. The van der Waals surface area contributed by atoms with Crippen LogP contribution in [0.25, 0.3) is 0 Å². The summed E-state index contributed by atoms with van der Waals surface area (Å²) in [6, 6.07) is 6.59. The Labute approximate surface area is 124 Å². The van der Waals surface area contributed by atoms with Crippen LogP contribution in [0.1, 0.15) is 31.5 Å². The monoisotopic (exact) mass is 291 g/mol. The van der Waals surface area contributed by atoms with Crippen molar-refractivity contribution in [2.45, 2.75) is 38.0 Å². The molecule has 1 aromatic carbocycles. The number of rotatable bonds is 3. The molecule has 2 aliphatic heterocycles. The van der Waals surface area contributed by atoms with E-state index >= 15 is 0 Å². The SMILES string of the molecule is CCC1NC(c2cccc(F)c2)N(C2CCN(C)C2)C1=O. The molecular weight excluding hydrogens is 269 g/mol. The van der Waals surface area contributed by atoms with Crippen LogP contribution in [0.15, 0.2) is 24.3 Å². The first-order chi connectivity index (χ1) is 10.1. The number of hydrogen-bond donors (Lipinski definition) is 1. The van der Waals surface area contributed by atoms with Gasteiger partial charge in [0.1, 0.15) is 12.0 Å². The molecule has 1 N–H and O–H groups in total. The highest BCUT2D eigenvalue weighted by molar-refractivity contribution is 5.85. The van der Waals surface area contributed by atoms with Gasteiger partial charge in [-0.2, -0.15) is 0 Å². The van der Waals surface area contributed by atoms with Gasteiger partial charge in [-0.25, -0.2) is 4.39 Å². The maximum absolute atomic E-state index is 13.5. The minimum Gasteiger partial charge on any atom is -0.317 e. The van der Waals surface area contributed by atoms with E-state index in [4.69, 9.17) is 0 Å². The molecule has 0 aliphatic carbocycles. The molecule has 114 valence electrons. The molecule has 5 heteroatoms. The van der Waals surface area contributed by atoms with Gasteiger partial charge in [-0.3, -0.25) is 10.1 Å². The Morgan fingerprint density at radius 3 is 2.86 bits per heavy atom. The Morgan fingerprint density at radius 2 is 2.24 bits per heavy atom. The minimum absolute atomic E-state index is 0.145.